The lowest BCUT2D eigenvalue weighted by molar-refractivity contribution is -0.115. The molecule has 0 fully saturated rings. The summed E-state index contributed by atoms with van der Waals surface area (Å²) in [6, 6.07) is 21.1. The molecule has 1 atom stereocenters. The summed E-state index contributed by atoms with van der Waals surface area (Å²) in [7, 11) is 0. The molecule has 0 bridgehead atoms. The maximum Gasteiger partial charge on any atom is 0.255 e. The maximum absolute atomic E-state index is 12.4. The lowest BCUT2D eigenvalue weighted by Crippen LogP contribution is -2.22. The predicted octanol–water partition coefficient (Wildman–Crippen LogP) is 4.47. The fraction of sp³-hybridized carbons (Fsp3) is 0.125. The molecule has 0 aliphatic carbocycles. The van der Waals surface area contributed by atoms with Crippen molar-refractivity contribution >= 4 is 40.9 Å². The van der Waals surface area contributed by atoms with E-state index in [0.717, 1.165) is 10.5 Å². The number of nitrogens with two attached hydrogens (primary N) is 1. The molecule has 0 saturated heterocycles. The van der Waals surface area contributed by atoms with Crippen molar-refractivity contribution in [3.63, 3.8) is 0 Å². The Kier molecular flexibility index (Phi) is 7.10. The van der Waals surface area contributed by atoms with Gasteiger partial charge in [0.1, 0.15) is 0 Å². The van der Waals surface area contributed by atoms with Gasteiger partial charge in [-0.3, -0.25) is 14.4 Å². The zero-order valence-electron chi connectivity index (χ0n) is 17.2. The largest absolute Gasteiger partial charge is 0.366 e. The van der Waals surface area contributed by atoms with Crippen LogP contribution in [0.5, 0.6) is 0 Å². The third-order valence-corrected chi connectivity index (χ3v) is 5.66. The van der Waals surface area contributed by atoms with E-state index in [9.17, 15) is 14.4 Å². The van der Waals surface area contributed by atoms with Crippen LogP contribution in [-0.4, -0.2) is 23.0 Å². The fourth-order valence-corrected chi connectivity index (χ4v) is 3.61. The number of hydrogen-bond acceptors (Lipinski definition) is 4. The molecule has 0 spiro atoms. The van der Waals surface area contributed by atoms with Gasteiger partial charge in [0.2, 0.25) is 11.8 Å². The van der Waals surface area contributed by atoms with Gasteiger partial charge in [0.25, 0.3) is 5.91 Å². The number of amides is 3. The van der Waals surface area contributed by atoms with Crippen LogP contribution in [0.3, 0.4) is 0 Å². The minimum atomic E-state index is -0.514. The highest BCUT2D eigenvalue weighted by atomic mass is 32.2. The SMILES string of the molecule is Cc1ccc(C(=O)Nc2ccc(SC(C)C(=O)Nc3ccc(C(N)=O)cc3)cc2)cc1. The molecule has 4 N–H and O–H groups in total. The van der Waals surface area contributed by atoms with Gasteiger partial charge in [0.05, 0.1) is 5.25 Å². The molecule has 3 rings (SSSR count). The third kappa shape index (κ3) is 6.20. The average molecular weight is 434 g/mol. The van der Waals surface area contributed by atoms with Gasteiger partial charge in [-0.2, -0.15) is 0 Å². The second-order valence-electron chi connectivity index (χ2n) is 7.04. The van der Waals surface area contributed by atoms with Gasteiger partial charge in [-0.1, -0.05) is 17.7 Å². The Labute approximate surface area is 185 Å². The smallest absolute Gasteiger partial charge is 0.255 e. The number of aryl methyl sites for hydroxylation is 1. The maximum atomic E-state index is 12.4. The minimum Gasteiger partial charge on any atom is -0.366 e. The third-order valence-electron chi connectivity index (χ3n) is 4.54. The standard InChI is InChI=1S/C24H23N3O3S/c1-15-3-5-18(6-4-15)24(30)27-20-11-13-21(14-12-20)31-16(2)23(29)26-19-9-7-17(8-10-19)22(25)28/h3-14,16H,1-2H3,(H2,25,28)(H,26,29)(H,27,30). The first-order chi connectivity index (χ1) is 14.8. The van der Waals surface area contributed by atoms with Crippen LogP contribution in [-0.2, 0) is 4.79 Å². The quantitative estimate of drug-likeness (QED) is 0.479. The number of anilines is 2. The van der Waals surface area contributed by atoms with E-state index in [0.29, 0.717) is 22.5 Å². The molecular weight excluding hydrogens is 410 g/mol. The van der Waals surface area contributed by atoms with Crippen molar-refractivity contribution in [1.82, 2.24) is 0 Å². The first-order valence-corrected chi connectivity index (χ1v) is 10.6. The summed E-state index contributed by atoms with van der Waals surface area (Å²) >= 11 is 1.41. The Balaban J connectivity index is 1.54. The van der Waals surface area contributed by atoms with Crippen molar-refractivity contribution in [3.8, 4) is 0 Å². The fourth-order valence-electron chi connectivity index (χ4n) is 2.74. The highest BCUT2D eigenvalue weighted by molar-refractivity contribution is 8.00. The van der Waals surface area contributed by atoms with E-state index < -0.39 is 5.91 Å². The Bertz CT molecular complexity index is 1080. The molecule has 3 aromatic rings. The molecule has 7 heteroatoms. The zero-order valence-corrected chi connectivity index (χ0v) is 18.0. The van der Waals surface area contributed by atoms with E-state index in [4.69, 9.17) is 5.73 Å². The summed E-state index contributed by atoms with van der Waals surface area (Å²) < 4.78 is 0. The molecule has 6 nitrogen and oxygen atoms in total. The average Bonchev–Trinajstić information content (AvgIpc) is 2.76. The number of rotatable bonds is 7. The summed E-state index contributed by atoms with van der Waals surface area (Å²) in [6.07, 6.45) is 0. The van der Waals surface area contributed by atoms with Crippen molar-refractivity contribution in [2.75, 3.05) is 10.6 Å². The normalized spacial score (nSPS) is 11.4. The van der Waals surface area contributed by atoms with Crippen LogP contribution in [0.15, 0.2) is 77.7 Å². The molecular formula is C24H23N3O3S. The van der Waals surface area contributed by atoms with Gasteiger partial charge in [0, 0.05) is 27.4 Å². The molecule has 0 aromatic heterocycles. The van der Waals surface area contributed by atoms with Gasteiger partial charge < -0.3 is 16.4 Å². The van der Waals surface area contributed by atoms with E-state index in [-0.39, 0.29) is 17.1 Å². The van der Waals surface area contributed by atoms with Crippen LogP contribution in [0.2, 0.25) is 0 Å². The number of nitrogens with one attached hydrogen (secondary N) is 2. The number of primary amides is 1. The minimum absolute atomic E-state index is 0.159. The number of hydrogen-bond donors (Lipinski definition) is 3. The summed E-state index contributed by atoms with van der Waals surface area (Å²) in [5.74, 6) is -0.843. The van der Waals surface area contributed by atoms with Gasteiger partial charge in [-0.05, 0) is 74.5 Å². The predicted molar refractivity (Wildman–Crippen MR) is 124 cm³/mol. The van der Waals surface area contributed by atoms with Crippen LogP contribution >= 0.6 is 11.8 Å². The molecule has 1 unspecified atom stereocenters. The highest BCUT2D eigenvalue weighted by Crippen LogP contribution is 2.26. The highest BCUT2D eigenvalue weighted by Gasteiger charge is 2.15. The first kappa shape index (κ1) is 22.1. The molecule has 0 heterocycles. The lowest BCUT2D eigenvalue weighted by atomic mass is 10.1. The van der Waals surface area contributed by atoms with Crippen molar-refractivity contribution in [3.05, 3.63) is 89.5 Å². The summed E-state index contributed by atoms with van der Waals surface area (Å²) in [6.45, 7) is 3.78. The second-order valence-corrected chi connectivity index (χ2v) is 8.45. The van der Waals surface area contributed by atoms with Gasteiger partial charge >= 0.3 is 0 Å². The van der Waals surface area contributed by atoms with Crippen LogP contribution < -0.4 is 16.4 Å². The molecule has 0 saturated carbocycles. The zero-order chi connectivity index (χ0) is 22.4. The summed E-state index contributed by atoms with van der Waals surface area (Å²) in [5, 5.41) is 5.34. The molecule has 3 aromatic carbocycles. The monoisotopic (exact) mass is 433 g/mol. The molecule has 158 valence electrons. The van der Waals surface area contributed by atoms with Crippen molar-refractivity contribution in [2.45, 2.75) is 24.0 Å². The van der Waals surface area contributed by atoms with Crippen molar-refractivity contribution < 1.29 is 14.4 Å². The lowest BCUT2D eigenvalue weighted by Gasteiger charge is -2.13. The van der Waals surface area contributed by atoms with E-state index in [2.05, 4.69) is 10.6 Å². The number of thioether (sulfide) groups is 1. The summed E-state index contributed by atoms with van der Waals surface area (Å²) in [4.78, 5) is 36.8. The molecule has 3 amide bonds. The number of carbonyl (C=O) groups is 3. The van der Waals surface area contributed by atoms with E-state index >= 15 is 0 Å². The van der Waals surface area contributed by atoms with Crippen LogP contribution in [0.1, 0.15) is 33.2 Å². The Morgan fingerprint density at radius 1 is 0.774 bits per heavy atom. The molecule has 0 radical (unpaired) electrons. The first-order valence-electron chi connectivity index (χ1n) is 9.67. The molecule has 0 aliphatic rings. The van der Waals surface area contributed by atoms with Crippen LogP contribution in [0.4, 0.5) is 11.4 Å². The number of carbonyl (C=O) groups excluding carboxylic acids is 3. The van der Waals surface area contributed by atoms with Crippen LogP contribution in [0, 0.1) is 6.92 Å². The Morgan fingerprint density at radius 2 is 1.29 bits per heavy atom. The van der Waals surface area contributed by atoms with Gasteiger partial charge in [0.15, 0.2) is 0 Å². The van der Waals surface area contributed by atoms with E-state index in [1.165, 1.54) is 11.8 Å². The molecule has 0 aliphatic heterocycles. The van der Waals surface area contributed by atoms with E-state index in [1.807, 2.05) is 50.2 Å². The van der Waals surface area contributed by atoms with Crippen LogP contribution in [0.25, 0.3) is 0 Å². The van der Waals surface area contributed by atoms with Crippen molar-refractivity contribution in [2.24, 2.45) is 5.73 Å². The Morgan fingerprint density at radius 3 is 1.87 bits per heavy atom. The second kappa shape index (κ2) is 9.95. The number of benzene rings is 3. The van der Waals surface area contributed by atoms with Gasteiger partial charge in [-0.25, -0.2) is 0 Å². The van der Waals surface area contributed by atoms with Crippen molar-refractivity contribution in [1.29, 1.82) is 0 Å². The Hall–Kier alpha value is -3.58. The topological polar surface area (TPSA) is 101 Å². The summed E-state index contributed by atoms with van der Waals surface area (Å²) in [5.41, 5.74) is 8.57. The van der Waals surface area contributed by atoms with E-state index in [1.54, 1.807) is 36.4 Å². The molecule has 31 heavy (non-hydrogen) atoms. The van der Waals surface area contributed by atoms with Gasteiger partial charge in [-0.15, -0.1) is 11.8 Å².